The molecule has 0 atom stereocenters. The van der Waals surface area contributed by atoms with E-state index in [1.54, 1.807) is 6.08 Å². The van der Waals surface area contributed by atoms with Gasteiger partial charge in [-0.3, -0.25) is 4.79 Å². The maximum Gasteiger partial charge on any atom is 0.392 e. The summed E-state index contributed by atoms with van der Waals surface area (Å²) in [5.74, 6) is 0.218. The zero-order chi connectivity index (χ0) is 16.1. The Labute approximate surface area is 126 Å². The maximum absolute atomic E-state index is 11.9. The van der Waals surface area contributed by atoms with Crippen LogP contribution in [0.2, 0.25) is 0 Å². The molecule has 0 aliphatic rings. The molecule has 1 amide bonds. The minimum Gasteiger partial charge on any atom is -0.343 e. The Morgan fingerprint density at radius 3 is 2.10 bits per heavy atom. The normalized spacial score (nSPS) is 12.0. The first-order chi connectivity index (χ1) is 9.90. The largest absolute Gasteiger partial charge is 0.392 e. The van der Waals surface area contributed by atoms with Gasteiger partial charge in [0.05, 0.1) is 6.42 Å². The van der Waals surface area contributed by atoms with E-state index >= 15 is 0 Å². The number of allylic oxidation sites excluding steroid dienone is 2. The van der Waals surface area contributed by atoms with Crippen molar-refractivity contribution in [1.82, 2.24) is 4.90 Å². The lowest BCUT2D eigenvalue weighted by Gasteiger charge is -2.18. The van der Waals surface area contributed by atoms with Gasteiger partial charge in [0.1, 0.15) is 0 Å². The summed E-state index contributed by atoms with van der Waals surface area (Å²) < 4.78 is 35.6. The molecule has 0 N–H and O–H groups in total. The summed E-state index contributed by atoms with van der Waals surface area (Å²) in [6.07, 6.45) is 4.07. The minimum atomic E-state index is -4.09. The molecular formula is C16H28F3NO. The van der Waals surface area contributed by atoms with Crippen molar-refractivity contribution in [3.8, 4) is 0 Å². The number of carbonyl (C=O) groups excluding carboxylic acids is 1. The van der Waals surface area contributed by atoms with Crippen LogP contribution in [-0.2, 0) is 4.79 Å². The summed E-state index contributed by atoms with van der Waals surface area (Å²) >= 11 is 0. The molecule has 0 fully saturated rings. The van der Waals surface area contributed by atoms with E-state index in [1.165, 1.54) is 6.08 Å². The fourth-order valence-corrected chi connectivity index (χ4v) is 2.14. The Hall–Kier alpha value is -1.00. The van der Waals surface area contributed by atoms with Gasteiger partial charge in [-0.25, -0.2) is 0 Å². The Balaban J connectivity index is 3.43. The van der Waals surface area contributed by atoms with Crippen molar-refractivity contribution in [3.63, 3.8) is 0 Å². The Bertz CT molecular complexity index is 296. The molecule has 0 aromatic carbocycles. The second-order valence-electron chi connectivity index (χ2n) is 5.16. The SMILES string of the molecule is CCN(CC)C(=O)CCCCCCC/C=C/CC(F)(F)F. The van der Waals surface area contributed by atoms with E-state index in [9.17, 15) is 18.0 Å². The molecule has 0 saturated heterocycles. The van der Waals surface area contributed by atoms with Gasteiger partial charge in [0.15, 0.2) is 0 Å². The Kier molecular flexibility index (Phi) is 11.1. The van der Waals surface area contributed by atoms with Gasteiger partial charge in [-0.15, -0.1) is 0 Å². The summed E-state index contributed by atoms with van der Waals surface area (Å²) in [6, 6.07) is 0. The number of hydrogen-bond acceptors (Lipinski definition) is 1. The Morgan fingerprint density at radius 1 is 0.952 bits per heavy atom. The molecule has 5 heteroatoms. The number of alkyl halides is 3. The van der Waals surface area contributed by atoms with Crippen LogP contribution in [0.4, 0.5) is 13.2 Å². The van der Waals surface area contributed by atoms with E-state index in [2.05, 4.69) is 0 Å². The highest BCUT2D eigenvalue weighted by Gasteiger charge is 2.24. The third-order valence-corrected chi connectivity index (χ3v) is 3.39. The monoisotopic (exact) mass is 307 g/mol. The molecule has 0 aliphatic carbocycles. The molecule has 0 spiro atoms. The minimum absolute atomic E-state index is 0.218. The summed E-state index contributed by atoms with van der Waals surface area (Å²) in [5.41, 5.74) is 0. The quantitative estimate of drug-likeness (QED) is 0.384. The lowest BCUT2D eigenvalue weighted by molar-refractivity contribution is -0.131. The van der Waals surface area contributed by atoms with Gasteiger partial charge < -0.3 is 4.90 Å². The second-order valence-corrected chi connectivity index (χ2v) is 5.16. The van der Waals surface area contributed by atoms with Crippen molar-refractivity contribution < 1.29 is 18.0 Å². The highest BCUT2D eigenvalue weighted by atomic mass is 19.4. The fraction of sp³-hybridized carbons (Fsp3) is 0.812. The van der Waals surface area contributed by atoms with Gasteiger partial charge in [0.2, 0.25) is 5.91 Å². The van der Waals surface area contributed by atoms with Crippen LogP contribution in [-0.4, -0.2) is 30.1 Å². The average molecular weight is 307 g/mol. The van der Waals surface area contributed by atoms with Crippen LogP contribution in [0.15, 0.2) is 12.2 Å². The lowest BCUT2D eigenvalue weighted by Crippen LogP contribution is -2.30. The van der Waals surface area contributed by atoms with E-state index in [4.69, 9.17) is 0 Å². The molecule has 0 unspecified atom stereocenters. The van der Waals surface area contributed by atoms with Crippen LogP contribution in [0.1, 0.15) is 65.2 Å². The van der Waals surface area contributed by atoms with Gasteiger partial charge >= 0.3 is 6.18 Å². The van der Waals surface area contributed by atoms with Crippen LogP contribution in [0, 0.1) is 0 Å². The van der Waals surface area contributed by atoms with Gasteiger partial charge in [-0.05, 0) is 33.1 Å². The third-order valence-electron chi connectivity index (χ3n) is 3.39. The zero-order valence-corrected chi connectivity index (χ0v) is 13.2. The lowest BCUT2D eigenvalue weighted by atomic mass is 10.1. The number of rotatable bonds is 11. The molecule has 0 aromatic rings. The molecule has 0 radical (unpaired) electrons. The summed E-state index contributed by atoms with van der Waals surface area (Å²) in [6.45, 7) is 5.49. The topological polar surface area (TPSA) is 20.3 Å². The summed E-state index contributed by atoms with van der Waals surface area (Å²) in [7, 11) is 0. The molecule has 0 aliphatic heterocycles. The molecule has 124 valence electrons. The zero-order valence-electron chi connectivity index (χ0n) is 13.2. The third kappa shape index (κ3) is 12.5. The van der Waals surface area contributed by atoms with E-state index in [0.717, 1.165) is 45.2 Å². The van der Waals surface area contributed by atoms with Crippen LogP contribution in [0.5, 0.6) is 0 Å². The molecule has 0 aromatic heterocycles. The summed E-state index contributed by atoms with van der Waals surface area (Å²) in [4.78, 5) is 13.6. The Morgan fingerprint density at radius 2 is 1.52 bits per heavy atom. The fourth-order valence-electron chi connectivity index (χ4n) is 2.14. The highest BCUT2D eigenvalue weighted by molar-refractivity contribution is 5.75. The van der Waals surface area contributed by atoms with Crippen LogP contribution in [0.3, 0.4) is 0 Å². The van der Waals surface area contributed by atoms with E-state index in [0.29, 0.717) is 12.8 Å². The molecular weight excluding hydrogens is 279 g/mol. The number of nitrogens with zero attached hydrogens (tertiary/aromatic N) is 1. The average Bonchev–Trinajstić information content (AvgIpc) is 2.41. The van der Waals surface area contributed by atoms with E-state index < -0.39 is 12.6 Å². The smallest absolute Gasteiger partial charge is 0.343 e. The molecule has 0 saturated carbocycles. The van der Waals surface area contributed by atoms with Gasteiger partial charge in [-0.1, -0.05) is 31.4 Å². The maximum atomic E-state index is 11.9. The van der Waals surface area contributed by atoms with Crippen molar-refractivity contribution in [1.29, 1.82) is 0 Å². The van der Waals surface area contributed by atoms with Crippen molar-refractivity contribution in [2.45, 2.75) is 71.4 Å². The first kappa shape index (κ1) is 20.0. The number of amides is 1. The molecule has 21 heavy (non-hydrogen) atoms. The van der Waals surface area contributed by atoms with Crippen LogP contribution in [0.25, 0.3) is 0 Å². The number of unbranched alkanes of at least 4 members (excludes halogenated alkanes) is 5. The van der Waals surface area contributed by atoms with E-state index in [-0.39, 0.29) is 5.91 Å². The summed E-state index contributed by atoms with van der Waals surface area (Å²) in [5, 5.41) is 0. The van der Waals surface area contributed by atoms with Gasteiger partial charge in [0, 0.05) is 19.5 Å². The van der Waals surface area contributed by atoms with Crippen molar-refractivity contribution >= 4 is 5.91 Å². The van der Waals surface area contributed by atoms with Crippen molar-refractivity contribution in [3.05, 3.63) is 12.2 Å². The number of halogens is 3. The van der Waals surface area contributed by atoms with Gasteiger partial charge in [0.25, 0.3) is 0 Å². The second kappa shape index (κ2) is 11.6. The molecule has 0 heterocycles. The highest BCUT2D eigenvalue weighted by Crippen LogP contribution is 2.20. The predicted octanol–water partition coefficient (Wildman–Crippen LogP) is 5.09. The number of hydrogen-bond donors (Lipinski definition) is 0. The first-order valence-corrected chi connectivity index (χ1v) is 7.90. The molecule has 0 rings (SSSR count). The first-order valence-electron chi connectivity index (χ1n) is 7.90. The van der Waals surface area contributed by atoms with Gasteiger partial charge in [-0.2, -0.15) is 13.2 Å². The van der Waals surface area contributed by atoms with Crippen LogP contribution < -0.4 is 0 Å². The molecule has 0 bridgehead atoms. The van der Waals surface area contributed by atoms with Crippen molar-refractivity contribution in [2.24, 2.45) is 0 Å². The standard InChI is InChI=1S/C16H28F3NO/c1-3-20(4-2)15(21)13-11-9-7-5-6-8-10-12-14-16(17,18)19/h10,12H,3-9,11,13-14H2,1-2H3/b12-10+. The molecule has 2 nitrogen and oxygen atoms in total. The van der Waals surface area contributed by atoms with Crippen LogP contribution >= 0.6 is 0 Å². The predicted molar refractivity (Wildman–Crippen MR) is 80.1 cm³/mol. The number of carbonyl (C=O) groups is 1. The van der Waals surface area contributed by atoms with E-state index in [1.807, 2.05) is 18.7 Å². The van der Waals surface area contributed by atoms with Crippen molar-refractivity contribution in [2.75, 3.05) is 13.1 Å².